The van der Waals surface area contributed by atoms with Crippen molar-refractivity contribution in [2.45, 2.75) is 13.3 Å². The maximum Gasteiger partial charge on any atom is 0.136 e. The summed E-state index contributed by atoms with van der Waals surface area (Å²) in [6, 6.07) is 10.2. The molecule has 6 rings (SSSR count). The minimum Gasteiger partial charge on any atom is -0.306 e. The highest BCUT2D eigenvalue weighted by Crippen LogP contribution is 2.29. The first kappa shape index (κ1) is 15.8. The van der Waals surface area contributed by atoms with Crippen molar-refractivity contribution in [2.24, 2.45) is 0 Å². The molecule has 0 aliphatic carbocycles. The van der Waals surface area contributed by atoms with Gasteiger partial charge in [0, 0.05) is 30.6 Å². The van der Waals surface area contributed by atoms with Crippen LogP contribution < -0.4 is 0 Å². The van der Waals surface area contributed by atoms with Gasteiger partial charge in [0.25, 0.3) is 0 Å². The summed E-state index contributed by atoms with van der Waals surface area (Å²) in [6.45, 7) is 2.07. The van der Waals surface area contributed by atoms with Crippen LogP contribution in [0.1, 0.15) is 28.2 Å². The van der Waals surface area contributed by atoms with Crippen LogP contribution in [0.4, 0.5) is 0 Å². The van der Waals surface area contributed by atoms with Gasteiger partial charge in [0.15, 0.2) is 0 Å². The number of benzene rings is 1. The summed E-state index contributed by atoms with van der Waals surface area (Å²) in [5, 5.41) is 8.41. The molecular formula is C22H15N7. The average Bonchev–Trinajstić information content (AvgIpc) is 3.45. The highest BCUT2D eigenvalue weighted by atomic mass is 15.4. The van der Waals surface area contributed by atoms with E-state index in [1.807, 2.05) is 39.9 Å². The van der Waals surface area contributed by atoms with Crippen molar-refractivity contribution in [3.63, 3.8) is 0 Å². The molecule has 0 atom stereocenters. The van der Waals surface area contributed by atoms with E-state index in [0.29, 0.717) is 6.42 Å². The van der Waals surface area contributed by atoms with E-state index in [4.69, 9.17) is 0 Å². The SMILES string of the molecule is Cc1ccc2c(c1)-n1nncc1Cc1c(C#Cc3ccc4nccn4c3)ncn1-2. The molecule has 138 valence electrons. The molecule has 7 heteroatoms. The lowest BCUT2D eigenvalue weighted by atomic mass is 10.2. The van der Waals surface area contributed by atoms with Crippen molar-refractivity contribution in [1.82, 2.24) is 33.9 Å². The molecule has 0 N–H and O–H groups in total. The van der Waals surface area contributed by atoms with Crippen LogP contribution in [-0.2, 0) is 6.42 Å². The summed E-state index contributed by atoms with van der Waals surface area (Å²) in [5.41, 5.74) is 7.81. The van der Waals surface area contributed by atoms with Crippen molar-refractivity contribution >= 4 is 5.65 Å². The van der Waals surface area contributed by atoms with Gasteiger partial charge >= 0.3 is 0 Å². The van der Waals surface area contributed by atoms with E-state index in [0.717, 1.165) is 39.7 Å². The third-order valence-electron chi connectivity index (χ3n) is 5.17. The molecule has 5 aromatic rings. The number of fused-ring (bicyclic) bond motifs is 6. The Kier molecular flexibility index (Phi) is 3.23. The third-order valence-corrected chi connectivity index (χ3v) is 5.17. The maximum atomic E-state index is 4.61. The number of aryl methyl sites for hydroxylation is 1. The molecule has 7 nitrogen and oxygen atoms in total. The van der Waals surface area contributed by atoms with Gasteiger partial charge in [-0.2, -0.15) is 0 Å². The van der Waals surface area contributed by atoms with E-state index in [1.54, 1.807) is 12.4 Å². The molecule has 29 heavy (non-hydrogen) atoms. The first-order chi connectivity index (χ1) is 14.3. The molecule has 1 aliphatic heterocycles. The number of nitrogens with zero attached hydrogens (tertiary/aromatic N) is 7. The van der Waals surface area contributed by atoms with E-state index in [-0.39, 0.29) is 0 Å². The Balaban J connectivity index is 1.49. The lowest BCUT2D eigenvalue weighted by Crippen LogP contribution is -2.03. The summed E-state index contributed by atoms with van der Waals surface area (Å²) in [4.78, 5) is 8.87. The minimum atomic E-state index is 0.658. The molecule has 4 aromatic heterocycles. The Labute approximate surface area is 166 Å². The van der Waals surface area contributed by atoms with Crippen LogP contribution in [0.25, 0.3) is 17.0 Å². The lowest BCUT2D eigenvalue weighted by Gasteiger charge is -2.10. The molecule has 1 aliphatic rings. The number of imidazole rings is 2. The zero-order valence-electron chi connectivity index (χ0n) is 15.6. The van der Waals surface area contributed by atoms with Gasteiger partial charge in [-0.25, -0.2) is 14.6 Å². The molecule has 0 saturated carbocycles. The van der Waals surface area contributed by atoms with Crippen molar-refractivity contribution in [1.29, 1.82) is 0 Å². The van der Waals surface area contributed by atoms with Crippen LogP contribution in [0, 0.1) is 18.8 Å². The Morgan fingerprint density at radius 2 is 2.00 bits per heavy atom. The predicted octanol–water partition coefficient (Wildman–Crippen LogP) is 2.71. The molecule has 5 heterocycles. The highest BCUT2D eigenvalue weighted by Gasteiger charge is 2.22. The van der Waals surface area contributed by atoms with Gasteiger partial charge in [-0.05, 0) is 42.7 Å². The van der Waals surface area contributed by atoms with Gasteiger partial charge in [-0.15, -0.1) is 5.10 Å². The number of aromatic nitrogens is 7. The van der Waals surface area contributed by atoms with Crippen LogP contribution in [0.3, 0.4) is 0 Å². The molecule has 1 aromatic carbocycles. The lowest BCUT2D eigenvalue weighted by molar-refractivity contribution is 0.777. The van der Waals surface area contributed by atoms with E-state index in [1.165, 1.54) is 5.56 Å². The monoisotopic (exact) mass is 377 g/mol. The van der Waals surface area contributed by atoms with Crippen LogP contribution in [-0.4, -0.2) is 33.9 Å². The van der Waals surface area contributed by atoms with Gasteiger partial charge in [0.05, 0.1) is 29.0 Å². The topological polar surface area (TPSA) is 65.8 Å². The Morgan fingerprint density at radius 1 is 1.03 bits per heavy atom. The first-order valence-electron chi connectivity index (χ1n) is 9.28. The van der Waals surface area contributed by atoms with Crippen molar-refractivity contribution < 1.29 is 0 Å². The van der Waals surface area contributed by atoms with Crippen LogP contribution in [0.5, 0.6) is 0 Å². The first-order valence-corrected chi connectivity index (χ1v) is 9.28. The summed E-state index contributed by atoms with van der Waals surface area (Å²) in [5.74, 6) is 6.49. The Bertz CT molecular complexity index is 1460. The molecule has 0 radical (unpaired) electrons. The fourth-order valence-electron chi connectivity index (χ4n) is 3.74. The van der Waals surface area contributed by atoms with Gasteiger partial charge in [0.2, 0.25) is 0 Å². The molecule has 0 unspecified atom stereocenters. The predicted molar refractivity (Wildman–Crippen MR) is 107 cm³/mol. The molecule has 0 fully saturated rings. The molecular weight excluding hydrogens is 362 g/mol. The zero-order valence-corrected chi connectivity index (χ0v) is 15.6. The number of rotatable bonds is 0. The Hall–Kier alpha value is -4.18. The second kappa shape index (κ2) is 5.91. The van der Waals surface area contributed by atoms with E-state index >= 15 is 0 Å². The van der Waals surface area contributed by atoms with E-state index in [9.17, 15) is 0 Å². The normalized spacial score (nSPS) is 11.9. The number of hydrogen-bond acceptors (Lipinski definition) is 4. The largest absolute Gasteiger partial charge is 0.306 e. The molecule has 0 bridgehead atoms. The molecule has 0 saturated heterocycles. The van der Waals surface area contributed by atoms with Gasteiger partial charge in [-0.3, -0.25) is 4.57 Å². The minimum absolute atomic E-state index is 0.658. The van der Waals surface area contributed by atoms with Gasteiger partial charge in [-0.1, -0.05) is 17.2 Å². The van der Waals surface area contributed by atoms with E-state index in [2.05, 4.69) is 61.8 Å². The Morgan fingerprint density at radius 3 is 2.97 bits per heavy atom. The summed E-state index contributed by atoms with van der Waals surface area (Å²) in [6.07, 6.45) is 9.96. The summed E-state index contributed by atoms with van der Waals surface area (Å²) >= 11 is 0. The quantitative estimate of drug-likeness (QED) is 0.382. The van der Waals surface area contributed by atoms with Crippen molar-refractivity contribution in [3.8, 4) is 23.2 Å². The smallest absolute Gasteiger partial charge is 0.136 e. The average molecular weight is 377 g/mol. The second-order valence-corrected chi connectivity index (χ2v) is 7.08. The highest BCUT2D eigenvalue weighted by molar-refractivity contribution is 5.58. The van der Waals surface area contributed by atoms with Crippen LogP contribution in [0.15, 0.2) is 61.4 Å². The third kappa shape index (κ3) is 2.47. The zero-order chi connectivity index (χ0) is 19.4. The van der Waals surface area contributed by atoms with Crippen LogP contribution in [0.2, 0.25) is 0 Å². The second-order valence-electron chi connectivity index (χ2n) is 7.08. The summed E-state index contributed by atoms with van der Waals surface area (Å²) in [7, 11) is 0. The fourth-order valence-corrected chi connectivity index (χ4v) is 3.74. The number of hydrogen-bond donors (Lipinski definition) is 0. The van der Waals surface area contributed by atoms with E-state index < -0.39 is 0 Å². The standard InChI is InChI=1S/C22H15N7/c1-15-2-6-19-21(10-15)29-17(12-25-26-29)11-20-18(24-14-28(19)20)5-3-16-4-7-22-23-8-9-27(22)13-16/h2,4,6-10,12-14H,11H2,1H3. The summed E-state index contributed by atoms with van der Waals surface area (Å²) < 4.78 is 5.96. The van der Waals surface area contributed by atoms with Gasteiger partial charge in [0.1, 0.15) is 17.7 Å². The fraction of sp³-hybridized carbons (Fsp3) is 0.0909. The number of pyridine rings is 1. The van der Waals surface area contributed by atoms with Crippen molar-refractivity contribution in [2.75, 3.05) is 0 Å². The molecule has 0 spiro atoms. The van der Waals surface area contributed by atoms with Crippen LogP contribution >= 0.6 is 0 Å². The van der Waals surface area contributed by atoms with Crippen molar-refractivity contribution in [3.05, 3.63) is 89.7 Å². The molecule has 0 amide bonds. The maximum absolute atomic E-state index is 4.61. The van der Waals surface area contributed by atoms with Gasteiger partial charge < -0.3 is 4.40 Å².